The lowest BCUT2D eigenvalue weighted by atomic mass is 9.91. The minimum atomic E-state index is 0.586. The Balaban J connectivity index is 1.89. The highest BCUT2D eigenvalue weighted by Gasteiger charge is 2.28. The number of anilines is 1. The number of rotatable bonds is 6. The Hall–Kier alpha value is -1.43. The molecule has 0 spiro atoms. The summed E-state index contributed by atoms with van der Waals surface area (Å²) in [5.74, 6) is 0.863. The SMILES string of the molecule is BrCCCN(c1nnnn1-c1ccccc1)C1CCC1. The van der Waals surface area contributed by atoms with Gasteiger partial charge in [0, 0.05) is 17.9 Å². The van der Waals surface area contributed by atoms with Crippen molar-refractivity contribution in [3.63, 3.8) is 0 Å². The molecule has 1 fully saturated rings. The number of hydrogen-bond acceptors (Lipinski definition) is 4. The van der Waals surface area contributed by atoms with Gasteiger partial charge in [0.15, 0.2) is 0 Å². The molecular weight excluding hydrogens is 318 g/mol. The Bertz CT molecular complexity index is 538. The van der Waals surface area contributed by atoms with E-state index in [0.717, 1.165) is 29.9 Å². The minimum absolute atomic E-state index is 0.586. The molecule has 1 aliphatic carbocycles. The Labute approximate surface area is 127 Å². The normalized spacial score (nSPS) is 15.1. The van der Waals surface area contributed by atoms with Gasteiger partial charge in [-0.15, -0.1) is 0 Å². The van der Waals surface area contributed by atoms with Crippen molar-refractivity contribution in [1.82, 2.24) is 20.2 Å². The number of alkyl halides is 1. The quantitative estimate of drug-likeness (QED) is 0.761. The Morgan fingerprint density at radius 1 is 1.25 bits per heavy atom. The predicted octanol–water partition coefficient (Wildman–Crippen LogP) is 2.81. The number of aromatic nitrogens is 4. The van der Waals surface area contributed by atoms with Gasteiger partial charge in [0.1, 0.15) is 0 Å². The molecule has 20 heavy (non-hydrogen) atoms. The Morgan fingerprint density at radius 2 is 2.05 bits per heavy atom. The van der Waals surface area contributed by atoms with E-state index in [1.165, 1.54) is 19.3 Å². The van der Waals surface area contributed by atoms with Gasteiger partial charge >= 0.3 is 0 Å². The molecule has 1 heterocycles. The fourth-order valence-electron chi connectivity index (χ4n) is 2.47. The maximum atomic E-state index is 4.26. The average Bonchev–Trinajstić information content (AvgIpc) is 2.91. The molecule has 0 N–H and O–H groups in total. The van der Waals surface area contributed by atoms with Gasteiger partial charge in [0.2, 0.25) is 0 Å². The van der Waals surface area contributed by atoms with Crippen molar-refractivity contribution in [3.8, 4) is 5.69 Å². The highest BCUT2D eigenvalue weighted by molar-refractivity contribution is 9.09. The summed E-state index contributed by atoms with van der Waals surface area (Å²) in [5.41, 5.74) is 1.01. The van der Waals surface area contributed by atoms with Crippen LogP contribution in [0, 0.1) is 0 Å². The monoisotopic (exact) mass is 335 g/mol. The molecule has 0 aliphatic heterocycles. The van der Waals surface area contributed by atoms with Crippen LogP contribution in [0.25, 0.3) is 5.69 Å². The average molecular weight is 336 g/mol. The van der Waals surface area contributed by atoms with Crippen molar-refractivity contribution in [2.75, 3.05) is 16.8 Å². The van der Waals surface area contributed by atoms with E-state index < -0.39 is 0 Å². The third-order valence-electron chi connectivity index (χ3n) is 3.76. The van der Waals surface area contributed by atoms with Crippen LogP contribution in [-0.2, 0) is 0 Å². The molecule has 0 saturated heterocycles. The van der Waals surface area contributed by atoms with Crippen molar-refractivity contribution in [3.05, 3.63) is 30.3 Å². The molecule has 1 aromatic heterocycles. The van der Waals surface area contributed by atoms with Gasteiger partial charge in [-0.25, -0.2) is 0 Å². The van der Waals surface area contributed by atoms with E-state index in [9.17, 15) is 0 Å². The standard InChI is InChI=1S/C14H18BrN5/c15-10-5-11-19(12-8-4-9-12)14-16-17-18-20(14)13-6-2-1-3-7-13/h1-3,6-7,12H,4-5,8-11H2. The summed E-state index contributed by atoms with van der Waals surface area (Å²) in [7, 11) is 0. The number of benzene rings is 1. The third-order valence-corrected chi connectivity index (χ3v) is 4.32. The van der Waals surface area contributed by atoms with Crippen molar-refractivity contribution in [2.45, 2.75) is 31.7 Å². The van der Waals surface area contributed by atoms with Crippen LogP contribution >= 0.6 is 15.9 Å². The van der Waals surface area contributed by atoms with Crippen LogP contribution in [0.2, 0.25) is 0 Å². The van der Waals surface area contributed by atoms with E-state index >= 15 is 0 Å². The summed E-state index contributed by atoms with van der Waals surface area (Å²) >= 11 is 3.51. The zero-order chi connectivity index (χ0) is 13.8. The summed E-state index contributed by atoms with van der Waals surface area (Å²) in [6.07, 6.45) is 4.88. The van der Waals surface area contributed by atoms with Crippen LogP contribution in [0.5, 0.6) is 0 Å². The van der Waals surface area contributed by atoms with Crippen LogP contribution in [0.1, 0.15) is 25.7 Å². The highest BCUT2D eigenvalue weighted by Crippen LogP contribution is 2.29. The Kier molecular flexibility index (Phi) is 4.30. The van der Waals surface area contributed by atoms with Crippen molar-refractivity contribution < 1.29 is 0 Å². The number of tetrazole rings is 1. The fraction of sp³-hybridized carbons (Fsp3) is 0.500. The van der Waals surface area contributed by atoms with E-state index in [4.69, 9.17) is 0 Å². The number of halogens is 1. The zero-order valence-electron chi connectivity index (χ0n) is 11.3. The van der Waals surface area contributed by atoms with Gasteiger partial charge in [-0.2, -0.15) is 4.68 Å². The Morgan fingerprint density at radius 3 is 2.70 bits per heavy atom. The van der Waals surface area contributed by atoms with Gasteiger partial charge in [-0.05, 0) is 48.2 Å². The molecule has 0 unspecified atom stereocenters. The first-order valence-corrected chi connectivity index (χ1v) is 8.18. The van der Waals surface area contributed by atoms with E-state index in [0.29, 0.717) is 6.04 Å². The second-order valence-electron chi connectivity index (χ2n) is 5.05. The van der Waals surface area contributed by atoms with Gasteiger partial charge in [0.05, 0.1) is 5.69 Å². The summed E-state index contributed by atoms with van der Waals surface area (Å²) in [4.78, 5) is 2.36. The molecule has 0 bridgehead atoms. The van der Waals surface area contributed by atoms with Gasteiger partial charge in [-0.3, -0.25) is 0 Å². The maximum absolute atomic E-state index is 4.26. The second kappa shape index (κ2) is 6.35. The van der Waals surface area contributed by atoms with E-state index in [1.54, 1.807) is 0 Å². The lowest BCUT2D eigenvalue weighted by molar-refractivity contribution is 0.380. The summed E-state index contributed by atoms with van der Waals surface area (Å²) in [5, 5.41) is 13.3. The smallest absolute Gasteiger partial charge is 0.250 e. The predicted molar refractivity (Wildman–Crippen MR) is 82.6 cm³/mol. The molecule has 106 valence electrons. The molecule has 2 aromatic rings. The van der Waals surface area contributed by atoms with E-state index in [-0.39, 0.29) is 0 Å². The number of para-hydroxylation sites is 1. The van der Waals surface area contributed by atoms with Crippen LogP contribution in [0.15, 0.2) is 30.3 Å². The van der Waals surface area contributed by atoms with Crippen LogP contribution in [-0.4, -0.2) is 38.1 Å². The summed E-state index contributed by atoms with van der Waals surface area (Å²) in [6.45, 7) is 0.989. The van der Waals surface area contributed by atoms with Crippen molar-refractivity contribution in [1.29, 1.82) is 0 Å². The molecule has 0 atom stereocenters. The van der Waals surface area contributed by atoms with Crippen molar-refractivity contribution in [2.24, 2.45) is 0 Å². The molecule has 3 rings (SSSR count). The van der Waals surface area contributed by atoms with Crippen LogP contribution in [0.3, 0.4) is 0 Å². The molecule has 1 saturated carbocycles. The van der Waals surface area contributed by atoms with Crippen molar-refractivity contribution >= 4 is 21.9 Å². The first-order chi connectivity index (χ1) is 9.90. The fourth-order valence-corrected chi connectivity index (χ4v) is 2.72. The molecular formula is C14H18BrN5. The minimum Gasteiger partial charge on any atom is -0.336 e. The van der Waals surface area contributed by atoms with Crippen LogP contribution < -0.4 is 4.90 Å². The molecule has 6 heteroatoms. The topological polar surface area (TPSA) is 46.8 Å². The van der Waals surface area contributed by atoms with E-state index in [1.807, 2.05) is 35.0 Å². The van der Waals surface area contributed by atoms with Gasteiger partial charge in [0.25, 0.3) is 5.95 Å². The lowest BCUT2D eigenvalue weighted by Gasteiger charge is -2.37. The third kappa shape index (κ3) is 2.70. The first kappa shape index (κ1) is 13.5. The lowest BCUT2D eigenvalue weighted by Crippen LogP contribution is -2.42. The van der Waals surface area contributed by atoms with E-state index in [2.05, 4.69) is 36.4 Å². The highest BCUT2D eigenvalue weighted by atomic mass is 79.9. The summed E-state index contributed by atoms with van der Waals surface area (Å²) in [6, 6.07) is 10.7. The summed E-state index contributed by atoms with van der Waals surface area (Å²) < 4.78 is 1.84. The van der Waals surface area contributed by atoms with Gasteiger partial charge < -0.3 is 4.90 Å². The van der Waals surface area contributed by atoms with Gasteiger partial charge in [-0.1, -0.05) is 39.2 Å². The molecule has 0 amide bonds. The largest absolute Gasteiger partial charge is 0.336 e. The molecule has 1 aromatic carbocycles. The molecule has 1 aliphatic rings. The number of hydrogen-bond donors (Lipinski definition) is 0. The maximum Gasteiger partial charge on any atom is 0.250 e. The zero-order valence-corrected chi connectivity index (χ0v) is 12.9. The van der Waals surface area contributed by atoms with Crippen LogP contribution in [0.4, 0.5) is 5.95 Å². The number of nitrogens with zero attached hydrogens (tertiary/aromatic N) is 5. The first-order valence-electron chi connectivity index (χ1n) is 7.06. The molecule has 0 radical (unpaired) electrons. The second-order valence-corrected chi connectivity index (χ2v) is 5.84. The molecule has 5 nitrogen and oxygen atoms in total.